The van der Waals surface area contributed by atoms with Crippen molar-refractivity contribution in [2.24, 2.45) is 10.2 Å². The number of benzene rings is 2. The minimum atomic E-state index is -1.11. The Labute approximate surface area is 128 Å². The topological polar surface area (TPSA) is 89.2 Å². The standard InChI is InChI=1S/C16H18N4O2/c21-12-16(22)15(20-19-14-9-5-2-6-10-14)11-17-18-13-7-3-1-4-8-13/h1-11,16,18-19,21-22H,12H2/t16-/m1/s1. The molecule has 4 N–H and O–H groups in total. The quantitative estimate of drug-likeness (QED) is 0.464. The summed E-state index contributed by atoms with van der Waals surface area (Å²) in [4.78, 5) is 0. The molecule has 6 nitrogen and oxygen atoms in total. The van der Waals surface area contributed by atoms with Crippen molar-refractivity contribution in [1.29, 1.82) is 0 Å². The van der Waals surface area contributed by atoms with E-state index < -0.39 is 12.7 Å². The highest BCUT2D eigenvalue weighted by atomic mass is 16.3. The van der Waals surface area contributed by atoms with Crippen LogP contribution in [0.4, 0.5) is 11.4 Å². The molecule has 0 fully saturated rings. The molecule has 0 unspecified atom stereocenters. The second kappa shape index (κ2) is 8.56. The number of nitrogens with one attached hydrogen (secondary N) is 2. The minimum absolute atomic E-state index is 0.217. The van der Waals surface area contributed by atoms with Gasteiger partial charge in [0.1, 0.15) is 11.8 Å². The molecule has 0 saturated heterocycles. The number of hydrogen-bond acceptors (Lipinski definition) is 6. The molecule has 0 aliphatic carbocycles. The van der Waals surface area contributed by atoms with Crippen LogP contribution in [0.1, 0.15) is 0 Å². The molecule has 0 bridgehead atoms. The van der Waals surface area contributed by atoms with E-state index in [1.807, 2.05) is 60.7 Å². The van der Waals surface area contributed by atoms with Crippen molar-refractivity contribution in [1.82, 2.24) is 0 Å². The largest absolute Gasteiger partial charge is 0.393 e. The molecule has 6 heteroatoms. The van der Waals surface area contributed by atoms with Crippen LogP contribution in [-0.2, 0) is 0 Å². The maximum Gasteiger partial charge on any atom is 0.122 e. The van der Waals surface area contributed by atoms with Crippen molar-refractivity contribution < 1.29 is 10.2 Å². The summed E-state index contributed by atoms with van der Waals surface area (Å²) < 4.78 is 0. The molecule has 2 aromatic rings. The Morgan fingerprint density at radius 1 is 0.955 bits per heavy atom. The van der Waals surface area contributed by atoms with Crippen molar-refractivity contribution in [3.8, 4) is 0 Å². The summed E-state index contributed by atoms with van der Waals surface area (Å²) in [6.45, 7) is -0.438. The summed E-state index contributed by atoms with van der Waals surface area (Å²) in [6.07, 6.45) is 0.252. The van der Waals surface area contributed by atoms with Gasteiger partial charge in [-0.25, -0.2) is 0 Å². The van der Waals surface area contributed by atoms with Crippen molar-refractivity contribution in [2.75, 3.05) is 17.5 Å². The molecule has 2 rings (SSSR count). The number of hydrogen-bond donors (Lipinski definition) is 4. The van der Waals surface area contributed by atoms with Gasteiger partial charge in [-0.2, -0.15) is 10.2 Å². The zero-order valence-corrected chi connectivity index (χ0v) is 11.9. The molecule has 2 aromatic carbocycles. The van der Waals surface area contributed by atoms with Gasteiger partial charge in [0.15, 0.2) is 0 Å². The first-order chi connectivity index (χ1) is 10.8. The van der Waals surface area contributed by atoms with Gasteiger partial charge in [-0.15, -0.1) is 0 Å². The Balaban J connectivity index is 2.02. The van der Waals surface area contributed by atoms with Crippen molar-refractivity contribution in [3.63, 3.8) is 0 Å². The number of nitrogens with zero attached hydrogens (tertiary/aromatic N) is 2. The van der Waals surface area contributed by atoms with Gasteiger partial charge in [0.2, 0.25) is 0 Å². The normalized spacial score (nSPS) is 13.1. The van der Waals surface area contributed by atoms with Gasteiger partial charge in [-0.3, -0.25) is 10.9 Å². The van der Waals surface area contributed by atoms with Crippen LogP contribution < -0.4 is 10.9 Å². The Kier molecular flexibility index (Phi) is 6.10. The third kappa shape index (κ3) is 5.01. The fraction of sp³-hybridized carbons (Fsp3) is 0.125. The number of anilines is 2. The van der Waals surface area contributed by atoms with E-state index in [0.717, 1.165) is 11.4 Å². The van der Waals surface area contributed by atoms with Crippen LogP contribution in [0, 0.1) is 0 Å². The van der Waals surface area contributed by atoms with E-state index in [2.05, 4.69) is 21.1 Å². The summed E-state index contributed by atoms with van der Waals surface area (Å²) in [5.74, 6) is 0. The summed E-state index contributed by atoms with van der Waals surface area (Å²) in [7, 11) is 0. The maximum atomic E-state index is 9.75. The number of aliphatic hydroxyl groups excluding tert-OH is 2. The fourth-order valence-electron chi connectivity index (χ4n) is 1.61. The van der Waals surface area contributed by atoms with Crippen LogP contribution in [0.2, 0.25) is 0 Å². The van der Waals surface area contributed by atoms with Crippen molar-refractivity contribution in [2.45, 2.75) is 6.10 Å². The minimum Gasteiger partial charge on any atom is -0.393 e. The molecule has 0 saturated carbocycles. The Morgan fingerprint density at radius 3 is 2.05 bits per heavy atom. The Hall–Kier alpha value is -2.70. The second-order valence-electron chi connectivity index (χ2n) is 4.45. The van der Waals surface area contributed by atoms with Gasteiger partial charge in [-0.1, -0.05) is 36.4 Å². The van der Waals surface area contributed by atoms with E-state index in [9.17, 15) is 5.11 Å². The predicted molar refractivity (Wildman–Crippen MR) is 89.1 cm³/mol. The molecule has 114 valence electrons. The zero-order valence-electron chi connectivity index (χ0n) is 11.9. The molecule has 0 heterocycles. The van der Waals surface area contributed by atoms with E-state index in [4.69, 9.17) is 5.11 Å². The van der Waals surface area contributed by atoms with Crippen molar-refractivity contribution >= 4 is 23.3 Å². The molecule has 0 aliphatic rings. The lowest BCUT2D eigenvalue weighted by Gasteiger charge is -2.08. The Morgan fingerprint density at radius 2 is 1.50 bits per heavy atom. The molecule has 0 radical (unpaired) electrons. The first-order valence-corrected chi connectivity index (χ1v) is 6.81. The monoisotopic (exact) mass is 298 g/mol. The number of aliphatic hydroxyl groups is 2. The van der Waals surface area contributed by atoms with Crippen LogP contribution >= 0.6 is 0 Å². The first-order valence-electron chi connectivity index (χ1n) is 6.81. The highest BCUT2D eigenvalue weighted by Crippen LogP contribution is 2.06. The molecular weight excluding hydrogens is 280 g/mol. The second-order valence-corrected chi connectivity index (χ2v) is 4.45. The van der Waals surface area contributed by atoms with E-state index in [-0.39, 0.29) is 5.71 Å². The summed E-state index contributed by atoms with van der Waals surface area (Å²) >= 11 is 0. The van der Waals surface area contributed by atoms with E-state index in [1.165, 1.54) is 6.21 Å². The Bertz CT molecular complexity index is 615. The smallest absolute Gasteiger partial charge is 0.122 e. The third-order valence-electron chi connectivity index (χ3n) is 2.77. The summed E-state index contributed by atoms with van der Waals surface area (Å²) in [5, 5.41) is 26.9. The lowest BCUT2D eigenvalue weighted by molar-refractivity contribution is 0.146. The van der Waals surface area contributed by atoms with Crippen LogP contribution in [0.25, 0.3) is 0 Å². The zero-order chi connectivity index (χ0) is 15.6. The van der Waals surface area contributed by atoms with Crippen LogP contribution in [0.3, 0.4) is 0 Å². The van der Waals surface area contributed by atoms with Gasteiger partial charge in [0.25, 0.3) is 0 Å². The van der Waals surface area contributed by atoms with Gasteiger partial charge in [0, 0.05) is 0 Å². The van der Waals surface area contributed by atoms with Gasteiger partial charge in [0.05, 0.1) is 24.2 Å². The average Bonchev–Trinajstić information content (AvgIpc) is 2.59. The molecule has 0 aromatic heterocycles. The number of para-hydroxylation sites is 2. The number of hydrazone groups is 2. The predicted octanol–water partition coefficient (Wildman–Crippen LogP) is 1.91. The SMILES string of the molecule is OC[C@@H](O)C(C=NNc1ccccc1)=NNc1ccccc1. The molecular formula is C16H18N4O2. The summed E-state index contributed by atoms with van der Waals surface area (Å²) in [5.41, 5.74) is 7.43. The molecule has 0 spiro atoms. The van der Waals surface area contributed by atoms with Crippen LogP contribution in [-0.4, -0.2) is 34.9 Å². The third-order valence-corrected chi connectivity index (χ3v) is 2.77. The maximum absolute atomic E-state index is 9.75. The van der Waals surface area contributed by atoms with Crippen molar-refractivity contribution in [3.05, 3.63) is 60.7 Å². The lowest BCUT2D eigenvalue weighted by Crippen LogP contribution is -2.27. The first kappa shape index (κ1) is 15.7. The fourth-order valence-corrected chi connectivity index (χ4v) is 1.61. The average molecular weight is 298 g/mol. The van der Waals surface area contributed by atoms with E-state index in [1.54, 1.807) is 0 Å². The molecule has 0 amide bonds. The highest BCUT2D eigenvalue weighted by molar-refractivity contribution is 6.32. The molecule has 0 aliphatic heterocycles. The van der Waals surface area contributed by atoms with Crippen LogP contribution in [0.15, 0.2) is 70.9 Å². The van der Waals surface area contributed by atoms with Gasteiger partial charge in [-0.05, 0) is 24.3 Å². The number of rotatable bonds is 7. The summed E-state index contributed by atoms with van der Waals surface area (Å²) in [6, 6.07) is 18.7. The molecule has 1 atom stereocenters. The molecule has 22 heavy (non-hydrogen) atoms. The van der Waals surface area contributed by atoms with E-state index >= 15 is 0 Å². The van der Waals surface area contributed by atoms with Crippen LogP contribution in [0.5, 0.6) is 0 Å². The van der Waals surface area contributed by atoms with E-state index in [0.29, 0.717) is 0 Å². The van der Waals surface area contributed by atoms with Gasteiger partial charge >= 0.3 is 0 Å². The lowest BCUT2D eigenvalue weighted by atomic mass is 10.2. The highest BCUT2D eigenvalue weighted by Gasteiger charge is 2.09. The van der Waals surface area contributed by atoms with Gasteiger partial charge < -0.3 is 10.2 Å².